The van der Waals surface area contributed by atoms with E-state index >= 15 is 0 Å². The van der Waals surface area contributed by atoms with Crippen molar-refractivity contribution in [3.8, 4) is 0 Å². The van der Waals surface area contributed by atoms with Gasteiger partial charge in [0.05, 0.1) is 35.2 Å². The fourth-order valence-corrected chi connectivity index (χ4v) is 4.13. The van der Waals surface area contributed by atoms with Crippen LogP contribution in [-0.4, -0.2) is 76.2 Å². The first-order valence-electron chi connectivity index (χ1n) is 10.3. The van der Waals surface area contributed by atoms with E-state index in [0.717, 1.165) is 49.4 Å². The van der Waals surface area contributed by atoms with E-state index in [1.807, 2.05) is 31.2 Å². The van der Waals surface area contributed by atoms with Gasteiger partial charge in [0, 0.05) is 38.1 Å². The minimum absolute atomic E-state index is 0.0226. The molecular weight excluding hydrogens is 484 g/mol. The summed E-state index contributed by atoms with van der Waals surface area (Å²) in [5.74, 6) is 1.04. The molecule has 2 aromatic rings. The van der Waals surface area contributed by atoms with Gasteiger partial charge < -0.3 is 20.5 Å². The molecule has 1 aromatic heterocycles. The Balaban J connectivity index is 1.53. The first-order chi connectivity index (χ1) is 15.1. The number of ether oxygens (including phenoxy) is 1. The van der Waals surface area contributed by atoms with Crippen LogP contribution >= 0.6 is 15.9 Å². The largest absolute Gasteiger partial charge is 0.394 e. The molecule has 0 saturated carbocycles. The van der Waals surface area contributed by atoms with Crippen molar-refractivity contribution < 1.29 is 14.1 Å². The van der Waals surface area contributed by atoms with E-state index in [2.05, 4.69) is 46.2 Å². The summed E-state index contributed by atoms with van der Waals surface area (Å²) in [4.78, 5) is 11.8. The second kappa shape index (κ2) is 12.4. The molecule has 2 heterocycles. The zero-order valence-corrected chi connectivity index (χ0v) is 19.9. The third kappa shape index (κ3) is 7.48. The Kier molecular flexibility index (Phi) is 9.62. The number of hydrogen-bond acceptors (Lipinski definition) is 8. The maximum atomic E-state index is 12.5. The molecule has 2 atom stereocenters. The van der Waals surface area contributed by atoms with Gasteiger partial charge in [0.15, 0.2) is 0 Å². The van der Waals surface area contributed by atoms with Gasteiger partial charge in [-0.3, -0.25) is 4.90 Å². The molecule has 3 rings (SSSR count). The number of rotatable bonds is 11. The maximum absolute atomic E-state index is 12.5. The lowest BCUT2D eigenvalue weighted by atomic mass is 10.2. The fourth-order valence-electron chi connectivity index (χ4n) is 2.99. The third-order valence-electron chi connectivity index (χ3n) is 4.89. The summed E-state index contributed by atoms with van der Waals surface area (Å²) in [5, 5.41) is 15.7. The molecule has 11 heteroatoms. The Morgan fingerprint density at radius 1 is 1.29 bits per heavy atom. The van der Waals surface area contributed by atoms with E-state index in [4.69, 9.17) is 4.74 Å². The quantitative estimate of drug-likeness (QED) is 0.362. The number of benzene rings is 1. The van der Waals surface area contributed by atoms with Crippen LogP contribution in [0, 0.1) is 0 Å². The van der Waals surface area contributed by atoms with Crippen molar-refractivity contribution >= 4 is 44.4 Å². The number of aliphatic hydroxyl groups is 1. The highest BCUT2D eigenvalue weighted by Crippen LogP contribution is 2.23. The molecule has 0 aliphatic carbocycles. The van der Waals surface area contributed by atoms with Crippen LogP contribution in [-0.2, 0) is 15.7 Å². The minimum atomic E-state index is -1.27. The van der Waals surface area contributed by atoms with Gasteiger partial charge in [-0.1, -0.05) is 6.92 Å². The molecule has 1 aliphatic rings. The number of nitrogens with one attached hydrogen (secondary N) is 3. The van der Waals surface area contributed by atoms with Gasteiger partial charge in [-0.25, -0.2) is 13.9 Å². The van der Waals surface area contributed by atoms with Gasteiger partial charge >= 0.3 is 0 Å². The van der Waals surface area contributed by atoms with E-state index < -0.39 is 11.0 Å². The van der Waals surface area contributed by atoms with Crippen molar-refractivity contribution in [3.63, 3.8) is 0 Å². The standard InChI is InChI=1S/C20H29BrN6O3S/c1-2-15(14-28)24-19-18(21)13-22-20(26-19)25-16-3-5-17(6-4-16)31(29)23-7-8-27-9-11-30-12-10-27/h3-6,13,15,23,28H,2,7-12,14H2,1H3,(H2,22,24,25,26). The molecule has 0 bridgehead atoms. The molecule has 1 aromatic carbocycles. The SMILES string of the molecule is CCC(CO)Nc1nc(Nc2ccc(S(=O)NCCN3CCOCC3)cc2)ncc1Br. The van der Waals surface area contributed by atoms with E-state index in [-0.39, 0.29) is 12.6 Å². The monoisotopic (exact) mass is 512 g/mol. The lowest BCUT2D eigenvalue weighted by Gasteiger charge is -2.26. The van der Waals surface area contributed by atoms with Crippen LogP contribution < -0.4 is 15.4 Å². The van der Waals surface area contributed by atoms with E-state index in [1.165, 1.54) is 0 Å². The molecule has 31 heavy (non-hydrogen) atoms. The molecule has 1 saturated heterocycles. The number of aromatic nitrogens is 2. The highest BCUT2D eigenvalue weighted by molar-refractivity contribution is 9.10. The van der Waals surface area contributed by atoms with Crippen molar-refractivity contribution in [2.75, 3.05) is 56.6 Å². The highest BCUT2D eigenvalue weighted by atomic mass is 79.9. The average Bonchev–Trinajstić information content (AvgIpc) is 2.80. The van der Waals surface area contributed by atoms with Crippen molar-refractivity contribution in [1.82, 2.24) is 19.6 Å². The normalized spacial score (nSPS) is 16.6. The second-order valence-electron chi connectivity index (χ2n) is 7.09. The smallest absolute Gasteiger partial charge is 0.229 e. The summed E-state index contributed by atoms with van der Waals surface area (Å²) in [6, 6.07) is 7.24. The maximum Gasteiger partial charge on any atom is 0.229 e. The fraction of sp³-hybridized carbons (Fsp3) is 0.500. The molecule has 1 fully saturated rings. The number of nitrogens with zero attached hydrogens (tertiary/aromatic N) is 3. The third-order valence-corrected chi connectivity index (χ3v) is 6.63. The summed E-state index contributed by atoms with van der Waals surface area (Å²) in [7, 11) is -1.27. The Hall–Kier alpha value is -1.63. The summed E-state index contributed by atoms with van der Waals surface area (Å²) >= 11 is 3.43. The first kappa shape index (κ1) is 24.0. The van der Waals surface area contributed by atoms with E-state index in [9.17, 15) is 9.32 Å². The molecule has 0 radical (unpaired) electrons. The molecule has 1 aliphatic heterocycles. The molecular formula is C20H29BrN6O3S. The van der Waals surface area contributed by atoms with Crippen LogP contribution in [0.15, 0.2) is 39.8 Å². The first-order valence-corrected chi connectivity index (χ1v) is 12.3. The summed E-state index contributed by atoms with van der Waals surface area (Å²) in [5.41, 5.74) is 0.788. The average molecular weight is 513 g/mol. The predicted octanol–water partition coefficient (Wildman–Crippen LogP) is 2.11. The van der Waals surface area contributed by atoms with Crippen LogP contribution in [0.4, 0.5) is 17.5 Å². The molecule has 0 spiro atoms. The zero-order valence-electron chi connectivity index (χ0n) is 17.5. The van der Waals surface area contributed by atoms with Crippen LogP contribution in [0.25, 0.3) is 0 Å². The van der Waals surface area contributed by atoms with Crippen LogP contribution in [0.3, 0.4) is 0 Å². The van der Waals surface area contributed by atoms with Gasteiger partial charge in [-0.15, -0.1) is 0 Å². The van der Waals surface area contributed by atoms with E-state index in [0.29, 0.717) is 23.2 Å². The van der Waals surface area contributed by atoms with Crippen molar-refractivity contribution in [2.24, 2.45) is 0 Å². The minimum Gasteiger partial charge on any atom is -0.394 e. The Morgan fingerprint density at radius 3 is 2.71 bits per heavy atom. The van der Waals surface area contributed by atoms with Crippen LogP contribution in [0.5, 0.6) is 0 Å². The topological polar surface area (TPSA) is 112 Å². The molecule has 0 amide bonds. The number of morpholine rings is 1. The van der Waals surface area contributed by atoms with Crippen LogP contribution in [0.2, 0.25) is 0 Å². The molecule has 2 unspecified atom stereocenters. The lowest BCUT2D eigenvalue weighted by Crippen LogP contribution is -2.40. The number of anilines is 3. The van der Waals surface area contributed by atoms with Gasteiger partial charge in [0.2, 0.25) is 5.95 Å². The molecule has 9 nitrogen and oxygen atoms in total. The zero-order chi connectivity index (χ0) is 22.1. The summed E-state index contributed by atoms with van der Waals surface area (Å²) in [6.45, 7) is 6.88. The van der Waals surface area contributed by atoms with Crippen molar-refractivity contribution in [3.05, 3.63) is 34.9 Å². The summed E-state index contributed by atoms with van der Waals surface area (Å²) in [6.07, 6.45) is 2.43. The van der Waals surface area contributed by atoms with Gasteiger partial charge in [-0.05, 0) is 46.6 Å². The molecule has 170 valence electrons. The highest BCUT2D eigenvalue weighted by Gasteiger charge is 2.12. The van der Waals surface area contributed by atoms with Gasteiger partial charge in [-0.2, -0.15) is 4.98 Å². The Bertz CT molecular complexity index is 847. The molecule has 4 N–H and O–H groups in total. The Morgan fingerprint density at radius 2 is 2.03 bits per heavy atom. The van der Waals surface area contributed by atoms with Crippen LogP contribution in [0.1, 0.15) is 13.3 Å². The Labute approximate surface area is 193 Å². The number of hydrogen-bond donors (Lipinski definition) is 4. The second-order valence-corrected chi connectivity index (χ2v) is 9.24. The van der Waals surface area contributed by atoms with Crippen molar-refractivity contribution in [1.29, 1.82) is 0 Å². The van der Waals surface area contributed by atoms with E-state index in [1.54, 1.807) is 6.20 Å². The number of halogens is 1. The van der Waals surface area contributed by atoms with Gasteiger partial charge in [0.25, 0.3) is 0 Å². The lowest BCUT2D eigenvalue weighted by molar-refractivity contribution is 0.0390. The summed E-state index contributed by atoms with van der Waals surface area (Å²) < 4.78 is 21.6. The van der Waals surface area contributed by atoms with Gasteiger partial charge in [0.1, 0.15) is 16.8 Å². The van der Waals surface area contributed by atoms with Crippen molar-refractivity contribution in [2.45, 2.75) is 24.3 Å². The predicted molar refractivity (Wildman–Crippen MR) is 126 cm³/mol. The number of aliphatic hydroxyl groups excluding tert-OH is 1.